The minimum absolute atomic E-state index is 0.505. The molecule has 1 aliphatic heterocycles. The van der Waals surface area contributed by atoms with Crippen LogP contribution >= 0.6 is 0 Å². The molecule has 0 unspecified atom stereocenters. The molecule has 0 atom stereocenters. The van der Waals surface area contributed by atoms with Crippen molar-refractivity contribution in [3.8, 4) is 17.5 Å². The SMILES string of the molecule is N#CCN1CCN(c2ccc(-c3ccc[nH]3)nn2)CC1. The second-order valence-corrected chi connectivity index (χ2v) is 4.78. The summed E-state index contributed by atoms with van der Waals surface area (Å²) in [5, 5.41) is 17.3. The quantitative estimate of drug-likeness (QED) is 0.844. The molecule has 0 aromatic carbocycles. The number of nitrogens with zero attached hydrogens (tertiary/aromatic N) is 5. The summed E-state index contributed by atoms with van der Waals surface area (Å²) in [5.41, 5.74) is 1.82. The summed E-state index contributed by atoms with van der Waals surface area (Å²) in [6, 6.07) is 10.1. The Kier molecular flexibility index (Phi) is 3.61. The lowest BCUT2D eigenvalue weighted by atomic mass is 10.2. The number of aromatic amines is 1. The van der Waals surface area contributed by atoms with Gasteiger partial charge in [-0.05, 0) is 24.3 Å². The molecule has 20 heavy (non-hydrogen) atoms. The highest BCUT2D eigenvalue weighted by Gasteiger charge is 2.17. The van der Waals surface area contributed by atoms with Crippen molar-refractivity contribution in [1.82, 2.24) is 20.1 Å². The Labute approximate surface area is 117 Å². The van der Waals surface area contributed by atoms with Crippen LogP contribution in [-0.4, -0.2) is 52.8 Å². The van der Waals surface area contributed by atoms with E-state index in [1.807, 2.05) is 30.5 Å². The van der Waals surface area contributed by atoms with E-state index >= 15 is 0 Å². The van der Waals surface area contributed by atoms with Crippen LogP contribution in [0.5, 0.6) is 0 Å². The molecule has 3 rings (SSSR count). The highest BCUT2D eigenvalue weighted by molar-refractivity contribution is 5.55. The molecule has 6 nitrogen and oxygen atoms in total. The summed E-state index contributed by atoms with van der Waals surface area (Å²) in [6.07, 6.45) is 1.87. The summed E-state index contributed by atoms with van der Waals surface area (Å²) in [5.74, 6) is 0.900. The van der Waals surface area contributed by atoms with Crippen molar-refractivity contribution in [2.24, 2.45) is 0 Å². The van der Waals surface area contributed by atoms with Crippen LogP contribution in [0.1, 0.15) is 0 Å². The van der Waals surface area contributed by atoms with E-state index in [4.69, 9.17) is 5.26 Å². The van der Waals surface area contributed by atoms with Crippen LogP contribution in [0.3, 0.4) is 0 Å². The van der Waals surface area contributed by atoms with Gasteiger partial charge in [0.2, 0.25) is 0 Å². The van der Waals surface area contributed by atoms with Gasteiger partial charge in [0, 0.05) is 32.4 Å². The number of nitriles is 1. The molecule has 1 N–H and O–H groups in total. The minimum atomic E-state index is 0.505. The van der Waals surface area contributed by atoms with Gasteiger partial charge in [0.15, 0.2) is 5.82 Å². The fourth-order valence-corrected chi connectivity index (χ4v) is 2.36. The smallest absolute Gasteiger partial charge is 0.151 e. The van der Waals surface area contributed by atoms with Crippen molar-refractivity contribution >= 4 is 5.82 Å². The fraction of sp³-hybridized carbons (Fsp3) is 0.357. The van der Waals surface area contributed by atoms with Gasteiger partial charge in [0.1, 0.15) is 5.69 Å². The molecule has 1 aliphatic rings. The van der Waals surface area contributed by atoms with Crippen LogP contribution in [0.2, 0.25) is 0 Å². The summed E-state index contributed by atoms with van der Waals surface area (Å²) in [7, 11) is 0. The Morgan fingerprint density at radius 1 is 1.15 bits per heavy atom. The Hall–Kier alpha value is -2.39. The van der Waals surface area contributed by atoms with E-state index in [-0.39, 0.29) is 0 Å². The molecule has 0 bridgehead atoms. The second kappa shape index (κ2) is 5.72. The number of rotatable bonds is 3. The van der Waals surface area contributed by atoms with Crippen molar-refractivity contribution in [2.45, 2.75) is 0 Å². The van der Waals surface area contributed by atoms with Gasteiger partial charge in [-0.25, -0.2) is 0 Å². The Morgan fingerprint density at radius 3 is 2.60 bits per heavy atom. The van der Waals surface area contributed by atoms with Crippen LogP contribution in [0.4, 0.5) is 5.82 Å². The number of hydrogen-bond donors (Lipinski definition) is 1. The molecule has 1 fully saturated rings. The van der Waals surface area contributed by atoms with Crippen LogP contribution in [0.15, 0.2) is 30.5 Å². The van der Waals surface area contributed by atoms with Crippen molar-refractivity contribution in [3.05, 3.63) is 30.5 Å². The van der Waals surface area contributed by atoms with Crippen molar-refractivity contribution in [2.75, 3.05) is 37.6 Å². The lowest BCUT2D eigenvalue weighted by Gasteiger charge is -2.33. The van der Waals surface area contributed by atoms with Crippen LogP contribution in [-0.2, 0) is 0 Å². The zero-order valence-electron chi connectivity index (χ0n) is 11.2. The summed E-state index contributed by atoms with van der Waals surface area (Å²) < 4.78 is 0. The number of anilines is 1. The molecule has 0 saturated carbocycles. The first kappa shape index (κ1) is 12.6. The van der Waals surface area contributed by atoms with Gasteiger partial charge in [0.25, 0.3) is 0 Å². The van der Waals surface area contributed by atoms with E-state index in [0.717, 1.165) is 43.4 Å². The lowest BCUT2D eigenvalue weighted by Crippen LogP contribution is -2.46. The maximum absolute atomic E-state index is 8.69. The first-order chi connectivity index (χ1) is 9.86. The van der Waals surface area contributed by atoms with Crippen molar-refractivity contribution in [3.63, 3.8) is 0 Å². The van der Waals surface area contributed by atoms with E-state index in [1.165, 1.54) is 0 Å². The van der Waals surface area contributed by atoms with Gasteiger partial charge < -0.3 is 9.88 Å². The summed E-state index contributed by atoms with van der Waals surface area (Å²) in [6.45, 7) is 4.07. The minimum Gasteiger partial charge on any atom is -0.360 e. The van der Waals surface area contributed by atoms with Gasteiger partial charge >= 0.3 is 0 Å². The predicted octanol–water partition coefficient (Wildman–Crippen LogP) is 1.12. The van der Waals surface area contributed by atoms with E-state index in [9.17, 15) is 0 Å². The van der Waals surface area contributed by atoms with Gasteiger partial charge in [-0.1, -0.05) is 0 Å². The molecule has 6 heteroatoms. The number of hydrogen-bond acceptors (Lipinski definition) is 5. The topological polar surface area (TPSA) is 71.8 Å². The zero-order valence-corrected chi connectivity index (χ0v) is 11.2. The van der Waals surface area contributed by atoms with Gasteiger partial charge in [-0.15, -0.1) is 10.2 Å². The molecule has 0 radical (unpaired) electrons. The Morgan fingerprint density at radius 2 is 2.00 bits per heavy atom. The van der Waals surface area contributed by atoms with Gasteiger partial charge in [-0.3, -0.25) is 4.90 Å². The third-order valence-corrected chi connectivity index (χ3v) is 3.51. The number of H-pyrrole nitrogens is 1. The average Bonchev–Trinajstić information content (AvgIpc) is 3.03. The third kappa shape index (κ3) is 2.63. The van der Waals surface area contributed by atoms with Gasteiger partial charge in [0.05, 0.1) is 18.3 Å². The maximum atomic E-state index is 8.69. The Bertz CT molecular complexity index is 575. The number of nitrogens with one attached hydrogen (secondary N) is 1. The molecule has 102 valence electrons. The summed E-state index contributed by atoms with van der Waals surface area (Å²) >= 11 is 0. The maximum Gasteiger partial charge on any atom is 0.151 e. The van der Waals surface area contributed by atoms with E-state index < -0.39 is 0 Å². The fourth-order valence-electron chi connectivity index (χ4n) is 2.36. The molecule has 2 aromatic rings. The van der Waals surface area contributed by atoms with Crippen molar-refractivity contribution < 1.29 is 0 Å². The second-order valence-electron chi connectivity index (χ2n) is 4.78. The molecule has 0 amide bonds. The molecule has 0 aliphatic carbocycles. The standard InChI is InChI=1S/C14H16N6/c15-5-7-19-8-10-20(11-9-19)14-4-3-13(17-18-14)12-2-1-6-16-12/h1-4,6,16H,7-11H2. The normalized spacial score (nSPS) is 16.1. The average molecular weight is 268 g/mol. The third-order valence-electron chi connectivity index (χ3n) is 3.51. The Balaban J connectivity index is 1.66. The molecule has 3 heterocycles. The first-order valence-electron chi connectivity index (χ1n) is 6.68. The van der Waals surface area contributed by atoms with Crippen LogP contribution in [0, 0.1) is 11.3 Å². The highest BCUT2D eigenvalue weighted by atomic mass is 15.3. The van der Waals surface area contributed by atoms with Crippen molar-refractivity contribution in [1.29, 1.82) is 5.26 Å². The predicted molar refractivity (Wildman–Crippen MR) is 76.1 cm³/mol. The van der Waals surface area contributed by atoms with E-state index in [1.54, 1.807) is 0 Å². The van der Waals surface area contributed by atoms with Crippen LogP contribution < -0.4 is 4.90 Å². The molecular weight excluding hydrogens is 252 g/mol. The lowest BCUT2D eigenvalue weighted by molar-refractivity contribution is 0.286. The largest absolute Gasteiger partial charge is 0.360 e. The number of aromatic nitrogens is 3. The zero-order chi connectivity index (χ0) is 13.8. The monoisotopic (exact) mass is 268 g/mol. The molecule has 0 spiro atoms. The van der Waals surface area contributed by atoms with Crippen LogP contribution in [0.25, 0.3) is 11.4 Å². The van der Waals surface area contributed by atoms with Gasteiger partial charge in [-0.2, -0.15) is 5.26 Å². The molecular formula is C14H16N6. The van der Waals surface area contributed by atoms with E-state index in [0.29, 0.717) is 6.54 Å². The molecule has 2 aromatic heterocycles. The first-order valence-corrected chi connectivity index (χ1v) is 6.68. The molecule has 1 saturated heterocycles. The van der Waals surface area contributed by atoms with E-state index in [2.05, 4.69) is 31.1 Å². The highest BCUT2D eigenvalue weighted by Crippen LogP contribution is 2.17. The summed E-state index contributed by atoms with van der Waals surface area (Å²) in [4.78, 5) is 7.48. The number of piperazine rings is 1.